The van der Waals surface area contributed by atoms with Crippen LogP contribution in [0.4, 0.5) is 35.2 Å². The van der Waals surface area contributed by atoms with Crippen LogP contribution in [-0.2, 0) is 22.8 Å². The first-order valence-electron chi connectivity index (χ1n) is 12.1. The van der Waals surface area contributed by atoms with Gasteiger partial charge in [0, 0.05) is 37.8 Å². The summed E-state index contributed by atoms with van der Waals surface area (Å²) in [5.41, 5.74) is 2.30. The van der Waals surface area contributed by atoms with E-state index in [-0.39, 0.29) is 23.7 Å². The zero-order valence-corrected chi connectivity index (χ0v) is 22.2. The number of hydrogen-bond donors (Lipinski definition) is 3. The van der Waals surface area contributed by atoms with Crippen molar-refractivity contribution in [1.29, 1.82) is 0 Å². The van der Waals surface area contributed by atoms with Gasteiger partial charge in [-0.25, -0.2) is 14.8 Å². The summed E-state index contributed by atoms with van der Waals surface area (Å²) in [5.74, 6) is -0.133. The minimum absolute atomic E-state index is 0.0840. The van der Waals surface area contributed by atoms with Gasteiger partial charge in [0.25, 0.3) is 11.5 Å². The lowest BCUT2D eigenvalue weighted by Gasteiger charge is -2.14. The second-order valence-corrected chi connectivity index (χ2v) is 9.01. The van der Waals surface area contributed by atoms with Crippen LogP contribution in [0.15, 0.2) is 71.9 Å². The number of methoxy groups -OCH3 is 1. The second kappa shape index (κ2) is 12.0. The van der Waals surface area contributed by atoms with Crippen molar-refractivity contribution < 1.29 is 27.5 Å². The number of halogens is 3. The fraction of sp³-hybridized carbons (Fsp3) is 0.179. The van der Waals surface area contributed by atoms with E-state index in [0.29, 0.717) is 22.4 Å². The number of carbonyl (C=O) groups excluding carboxylic acids is 2. The molecule has 0 bridgehead atoms. The first-order chi connectivity index (χ1) is 19.4. The summed E-state index contributed by atoms with van der Waals surface area (Å²) in [7, 11) is 3.01. The molecule has 3 amide bonds. The Morgan fingerprint density at radius 1 is 0.927 bits per heavy atom. The average molecular weight is 567 g/mol. The summed E-state index contributed by atoms with van der Waals surface area (Å²) < 4.78 is 44.4. The fourth-order valence-electron chi connectivity index (χ4n) is 3.98. The van der Waals surface area contributed by atoms with Crippen LogP contribution in [0, 0.1) is 6.92 Å². The van der Waals surface area contributed by atoms with E-state index in [9.17, 15) is 27.6 Å². The van der Waals surface area contributed by atoms with Crippen molar-refractivity contribution in [3.8, 4) is 22.3 Å². The van der Waals surface area contributed by atoms with Gasteiger partial charge in [0.1, 0.15) is 18.1 Å². The van der Waals surface area contributed by atoms with Gasteiger partial charge in [0.15, 0.2) is 0 Å². The molecule has 3 heterocycles. The monoisotopic (exact) mass is 566 g/mol. The van der Waals surface area contributed by atoms with Crippen molar-refractivity contribution in [3.63, 3.8) is 0 Å². The summed E-state index contributed by atoms with van der Waals surface area (Å²) in [5, 5.41) is 7.71. The van der Waals surface area contributed by atoms with Gasteiger partial charge in [-0.1, -0.05) is 6.07 Å². The number of benzene rings is 1. The molecule has 212 valence electrons. The number of urea groups is 1. The molecule has 13 heteroatoms. The van der Waals surface area contributed by atoms with Gasteiger partial charge in [-0.2, -0.15) is 13.2 Å². The summed E-state index contributed by atoms with van der Waals surface area (Å²) in [4.78, 5) is 44.9. The molecule has 4 aromatic rings. The molecule has 0 aliphatic carbocycles. The number of anilines is 3. The topological polar surface area (TPSA) is 127 Å². The number of pyridine rings is 3. The standard InChI is InChI=1S/C28H25F3N6O4/c1-16-4-5-19(34-27(40)35-20-6-7-23(33-13-20)28(29,30)31)12-21(16)18-10-22(26(39)37(2)14-18)17-8-9-32-24(11-17)36-25(38)15-41-3/h4-14H,15H2,1-3H3,(H,32,36,38)(H2,34,35,40). The van der Waals surface area contributed by atoms with E-state index in [1.807, 2.05) is 6.92 Å². The molecule has 0 unspecified atom stereocenters. The van der Waals surface area contributed by atoms with E-state index in [1.54, 1.807) is 49.6 Å². The maximum atomic E-state index is 13.0. The average Bonchev–Trinajstić information content (AvgIpc) is 2.91. The number of rotatable bonds is 7. The molecule has 10 nitrogen and oxygen atoms in total. The van der Waals surface area contributed by atoms with E-state index in [0.717, 1.165) is 29.5 Å². The van der Waals surface area contributed by atoms with Gasteiger partial charge < -0.3 is 25.3 Å². The summed E-state index contributed by atoms with van der Waals surface area (Å²) in [6, 6.07) is 11.3. The number of nitrogens with zero attached hydrogens (tertiary/aromatic N) is 3. The molecule has 0 fully saturated rings. The molecule has 3 N–H and O–H groups in total. The normalized spacial score (nSPS) is 11.2. The minimum atomic E-state index is -4.58. The number of nitrogens with one attached hydrogen (secondary N) is 3. The maximum Gasteiger partial charge on any atom is 0.433 e. The van der Waals surface area contributed by atoms with Crippen LogP contribution >= 0.6 is 0 Å². The Morgan fingerprint density at radius 2 is 1.66 bits per heavy atom. The molecule has 0 aliphatic heterocycles. The lowest BCUT2D eigenvalue weighted by molar-refractivity contribution is -0.141. The van der Waals surface area contributed by atoms with Crippen LogP contribution in [-0.4, -0.2) is 40.2 Å². The summed E-state index contributed by atoms with van der Waals surface area (Å²) in [6.45, 7) is 1.72. The Balaban J connectivity index is 1.59. The van der Waals surface area contributed by atoms with Crippen molar-refractivity contribution in [2.24, 2.45) is 7.05 Å². The third kappa shape index (κ3) is 7.13. The molecule has 0 saturated heterocycles. The molecule has 0 aliphatic rings. The Hall–Kier alpha value is -5.04. The first-order valence-corrected chi connectivity index (χ1v) is 12.1. The maximum absolute atomic E-state index is 13.0. The molecular weight excluding hydrogens is 541 g/mol. The van der Waals surface area contributed by atoms with Gasteiger partial charge in [0.2, 0.25) is 0 Å². The van der Waals surface area contributed by atoms with Gasteiger partial charge in [-0.15, -0.1) is 0 Å². The van der Waals surface area contributed by atoms with Gasteiger partial charge in [-0.3, -0.25) is 9.59 Å². The SMILES string of the molecule is COCC(=O)Nc1cc(-c2cc(-c3cc(NC(=O)Nc4ccc(C(F)(F)F)nc4)ccc3C)cn(C)c2=O)ccn1. The highest BCUT2D eigenvalue weighted by Gasteiger charge is 2.32. The largest absolute Gasteiger partial charge is 0.433 e. The third-order valence-electron chi connectivity index (χ3n) is 5.92. The zero-order chi connectivity index (χ0) is 29.7. The van der Waals surface area contributed by atoms with Crippen molar-refractivity contribution in [3.05, 3.63) is 88.7 Å². The fourth-order valence-corrected chi connectivity index (χ4v) is 3.98. The second-order valence-electron chi connectivity index (χ2n) is 9.01. The number of ether oxygens (including phenoxy) is 1. The zero-order valence-electron chi connectivity index (χ0n) is 22.2. The molecule has 41 heavy (non-hydrogen) atoms. The highest BCUT2D eigenvalue weighted by Crippen LogP contribution is 2.30. The Bertz CT molecular complexity index is 1650. The minimum Gasteiger partial charge on any atom is -0.375 e. The van der Waals surface area contributed by atoms with Gasteiger partial charge in [0.05, 0.1) is 11.9 Å². The molecular formula is C28H25F3N6O4. The quantitative estimate of drug-likeness (QED) is 0.287. The predicted molar refractivity (Wildman–Crippen MR) is 147 cm³/mol. The summed E-state index contributed by atoms with van der Waals surface area (Å²) >= 11 is 0. The first kappa shape index (κ1) is 29.0. The molecule has 1 aromatic carbocycles. The van der Waals surface area contributed by atoms with Crippen molar-refractivity contribution in [2.75, 3.05) is 29.7 Å². The molecule has 4 rings (SSSR count). The smallest absolute Gasteiger partial charge is 0.375 e. The van der Waals surface area contributed by atoms with Crippen LogP contribution < -0.4 is 21.5 Å². The van der Waals surface area contributed by atoms with Gasteiger partial charge in [-0.05, 0) is 71.6 Å². The highest BCUT2D eigenvalue weighted by molar-refractivity contribution is 6.00. The Kier molecular flexibility index (Phi) is 8.48. The van der Waals surface area contributed by atoms with Crippen LogP contribution in [0.1, 0.15) is 11.3 Å². The molecule has 0 atom stereocenters. The molecule has 3 aromatic heterocycles. The number of aryl methyl sites for hydroxylation is 2. The van der Waals surface area contributed by atoms with E-state index in [1.165, 1.54) is 17.9 Å². The van der Waals surface area contributed by atoms with Crippen LogP contribution in [0.3, 0.4) is 0 Å². The van der Waals surface area contributed by atoms with Crippen LogP contribution in [0.2, 0.25) is 0 Å². The molecule has 0 saturated carbocycles. The Labute approximate surface area is 232 Å². The number of alkyl halides is 3. The lowest BCUT2D eigenvalue weighted by atomic mass is 9.98. The number of aromatic nitrogens is 3. The third-order valence-corrected chi connectivity index (χ3v) is 5.92. The molecule has 0 spiro atoms. The predicted octanol–water partition coefficient (Wildman–Crippen LogP) is 5.07. The lowest BCUT2D eigenvalue weighted by Crippen LogP contribution is -2.20. The van der Waals surface area contributed by atoms with Crippen molar-refractivity contribution in [2.45, 2.75) is 13.1 Å². The van der Waals surface area contributed by atoms with E-state index in [2.05, 4.69) is 25.9 Å². The molecule has 0 radical (unpaired) electrons. The number of hydrogen-bond acceptors (Lipinski definition) is 6. The summed E-state index contributed by atoms with van der Waals surface area (Å²) in [6.07, 6.45) is -0.527. The van der Waals surface area contributed by atoms with Crippen LogP contribution in [0.25, 0.3) is 22.3 Å². The van der Waals surface area contributed by atoms with E-state index >= 15 is 0 Å². The van der Waals surface area contributed by atoms with Crippen LogP contribution in [0.5, 0.6) is 0 Å². The van der Waals surface area contributed by atoms with Gasteiger partial charge >= 0.3 is 12.2 Å². The number of amides is 3. The van der Waals surface area contributed by atoms with E-state index < -0.39 is 23.8 Å². The Morgan fingerprint density at radius 3 is 2.34 bits per heavy atom. The van der Waals surface area contributed by atoms with Crippen molar-refractivity contribution in [1.82, 2.24) is 14.5 Å². The highest BCUT2D eigenvalue weighted by atomic mass is 19.4. The van der Waals surface area contributed by atoms with E-state index in [4.69, 9.17) is 4.74 Å². The van der Waals surface area contributed by atoms with Crippen molar-refractivity contribution >= 4 is 29.1 Å². The number of carbonyl (C=O) groups is 2.